The summed E-state index contributed by atoms with van der Waals surface area (Å²) in [5, 5.41) is 1.67. The van der Waals surface area contributed by atoms with Gasteiger partial charge in [0.05, 0.1) is 0 Å². The highest BCUT2D eigenvalue weighted by atomic mass is 19.2. The zero-order valence-corrected chi connectivity index (χ0v) is 10.5. The maximum absolute atomic E-state index is 13.5. The first-order valence-corrected chi connectivity index (χ1v) is 6.06. The van der Waals surface area contributed by atoms with E-state index < -0.39 is 29.0 Å². The van der Waals surface area contributed by atoms with Crippen molar-refractivity contribution in [2.75, 3.05) is 0 Å². The van der Waals surface area contributed by atoms with Gasteiger partial charge in [-0.2, -0.15) is 8.78 Å². The summed E-state index contributed by atoms with van der Waals surface area (Å²) < 4.78 is 58.3. The Hall–Kier alpha value is -2.56. The van der Waals surface area contributed by atoms with Crippen molar-refractivity contribution in [3.63, 3.8) is 0 Å². The molecule has 0 atom stereocenters. The molecular weight excluding hydrogens is 284 g/mol. The van der Waals surface area contributed by atoms with Crippen LogP contribution in [0.2, 0.25) is 0 Å². The first kappa shape index (κ1) is 13.4. The minimum absolute atomic E-state index is 0.0801. The summed E-state index contributed by atoms with van der Waals surface area (Å²) in [5.74, 6) is -7.17. The Morgan fingerprint density at radius 1 is 0.667 bits per heavy atom. The van der Waals surface area contributed by atoms with Crippen molar-refractivity contribution < 1.29 is 22.3 Å². The molecular formula is C16H8F4O. The van der Waals surface area contributed by atoms with Crippen LogP contribution in [0.5, 0.6) is 11.5 Å². The molecule has 3 rings (SSSR count). The third kappa shape index (κ3) is 2.42. The van der Waals surface area contributed by atoms with Gasteiger partial charge in [0.2, 0.25) is 17.4 Å². The number of fused-ring (bicyclic) bond motifs is 1. The number of hydrogen-bond acceptors (Lipinski definition) is 1. The van der Waals surface area contributed by atoms with Crippen LogP contribution in [0.15, 0.2) is 48.5 Å². The van der Waals surface area contributed by atoms with Crippen LogP contribution in [0, 0.1) is 23.3 Å². The lowest BCUT2D eigenvalue weighted by molar-refractivity contribution is 0.366. The normalized spacial score (nSPS) is 10.9. The molecule has 0 aliphatic carbocycles. The molecule has 0 amide bonds. The summed E-state index contributed by atoms with van der Waals surface area (Å²) in [6.45, 7) is 0. The minimum atomic E-state index is -1.57. The zero-order chi connectivity index (χ0) is 15.0. The molecule has 0 N–H and O–H groups in total. The molecule has 0 aliphatic rings. The van der Waals surface area contributed by atoms with E-state index in [9.17, 15) is 17.6 Å². The quantitative estimate of drug-likeness (QED) is 0.466. The van der Waals surface area contributed by atoms with E-state index in [1.165, 1.54) is 12.1 Å². The topological polar surface area (TPSA) is 9.23 Å². The van der Waals surface area contributed by atoms with Crippen molar-refractivity contribution in [1.29, 1.82) is 0 Å². The lowest BCUT2D eigenvalue weighted by atomic mass is 10.1. The fourth-order valence-electron chi connectivity index (χ4n) is 1.99. The third-order valence-electron chi connectivity index (χ3n) is 3.01. The van der Waals surface area contributed by atoms with Crippen LogP contribution in [-0.4, -0.2) is 0 Å². The summed E-state index contributed by atoms with van der Waals surface area (Å²) >= 11 is 0. The van der Waals surface area contributed by atoms with Crippen LogP contribution in [0.4, 0.5) is 17.6 Å². The molecule has 1 nitrogen and oxygen atoms in total. The summed E-state index contributed by atoms with van der Waals surface area (Å²) in [6.07, 6.45) is 0. The number of ether oxygens (including phenoxy) is 1. The van der Waals surface area contributed by atoms with Gasteiger partial charge in [0.1, 0.15) is 5.75 Å². The van der Waals surface area contributed by atoms with Crippen molar-refractivity contribution in [2.24, 2.45) is 0 Å². The Morgan fingerprint density at radius 3 is 1.95 bits per heavy atom. The van der Waals surface area contributed by atoms with Gasteiger partial charge in [-0.15, -0.1) is 0 Å². The second kappa shape index (κ2) is 5.09. The number of hydrogen-bond donors (Lipinski definition) is 0. The molecule has 0 aliphatic heterocycles. The molecule has 21 heavy (non-hydrogen) atoms. The lowest BCUT2D eigenvalue weighted by Gasteiger charge is -2.09. The average Bonchev–Trinajstić information content (AvgIpc) is 2.49. The Labute approximate surface area is 117 Å². The molecule has 0 heterocycles. The molecule has 0 unspecified atom stereocenters. The Morgan fingerprint density at radius 2 is 1.29 bits per heavy atom. The number of halogens is 4. The average molecular weight is 292 g/mol. The van der Waals surface area contributed by atoms with Crippen LogP contribution in [0.1, 0.15) is 0 Å². The summed E-state index contributed by atoms with van der Waals surface area (Å²) in [4.78, 5) is 0. The first-order valence-electron chi connectivity index (χ1n) is 6.06. The molecule has 0 spiro atoms. The van der Waals surface area contributed by atoms with E-state index in [0.717, 1.165) is 10.8 Å². The van der Waals surface area contributed by atoms with Gasteiger partial charge in [-0.05, 0) is 22.9 Å². The molecule has 0 bridgehead atoms. The largest absolute Gasteiger partial charge is 0.451 e. The minimum Gasteiger partial charge on any atom is -0.451 e. The van der Waals surface area contributed by atoms with E-state index >= 15 is 0 Å². The van der Waals surface area contributed by atoms with Crippen molar-refractivity contribution in [3.05, 3.63) is 71.8 Å². The van der Waals surface area contributed by atoms with Crippen molar-refractivity contribution in [1.82, 2.24) is 0 Å². The van der Waals surface area contributed by atoms with Crippen molar-refractivity contribution in [2.45, 2.75) is 0 Å². The summed E-state index contributed by atoms with van der Waals surface area (Å²) in [5.41, 5.74) is 0. The van der Waals surface area contributed by atoms with Crippen LogP contribution >= 0.6 is 0 Å². The van der Waals surface area contributed by atoms with Gasteiger partial charge < -0.3 is 4.74 Å². The second-order valence-corrected chi connectivity index (χ2v) is 4.41. The van der Waals surface area contributed by atoms with Crippen LogP contribution in [0.25, 0.3) is 10.8 Å². The van der Waals surface area contributed by atoms with Gasteiger partial charge in [0, 0.05) is 6.07 Å². The molecule has 0 saturated heterocycles. The molecule has 3 aromatic rings. The van der Waals surface area contributed by atoms with Gasteiger partial charge >= 0.3 is 0 Å². The standard InChI is InChI=1S/C16H8F4O/c17-12-8-13(18)15(20)16(14(12)19)21-11-6-5-9-3-1-2-4-10(9)7-11/h1-8H. The van der Waals surface area contributed by atoms with Crippen LogP contribution < -0.4 is 4.74 Å². The van der Waals surface area contributed by atoms with Gasteiger partial charge in [-0.1, -0.05) is 30.3 Å². The SMILES string of the molecule is Fc1cc(F)c(F)c(Oc2ccc3ccccc3c2)c1F. The second-order valence-electron chi connectivity index (χ2n) is 4.41. The van der Waals surface area contributed by atoms with Gasteiger partial charge in [-0.25, -0.2) is 8.78 Å². The third-order valence-corrected chi connectivity index (χ3v) is 3.01. The molecule has 0 radical (unpaired) electrons. The molecule has 0 fully saturated rings. The van der Waals surface area contributed by atoms with Gasteiger partial charge in [0.25, 0.3) is 0 Å². The highest BCUT2D eigenvalue weighted by Gasteiger charge is 2.21. The molecule has 106 valence electrons. The molecule has 0 saturated carbocycles. The monoisotopic (exact) mass is 292 g/mol. The predicted octanol–water partition coefficient (Wildman–Crippen LogP) is 5.19. The van der Waals surface area contributed by atoms with E-state index in [-0.39, 0.29) is 11.8 Å². The highest BCUT2D eigenvalue weighted by molar-refractivity contribution is 5.83. The zero-order valence-electron chi connectivity index (χ0n) is 10.5. The van der Waals surface area contributed by atoms with E-state index in [4.69, 9.17) is 4.74 Å². The maximum Gasteiger partial charge on any atom is 0.204 e. The van der Waals surface area contributed by atoms with E-state index in [2.05, 4.69) is 0 Å². The van der Waals surface area contributed by atoms with E-state index in [1.54, 1.807) is 18.2 Å². The molecule has 5 heteroatoms. The fourth-order valence-corrected chi connectivity index (χ4v) is 1.99. The lowest BCUT2D eigenvalue weighted by Crippen LogP contribution is -1.99. The molecule has 3 aromatic carbocycles. The van der Waals surface area contributed by atoms with Gasteiger partial charge in [-0.3, -0.25) is 0 Å². The maximum atomic E-state index is 13.5. The summed E-state index contributed by atoms with van der Waals surface area (Å²) in [6, 6.07) is 12.1. The number of benzene rings is 3. The van der Waals surface area contributed by atoms with Crippen molar-refractivity contribution >= 4 is 10.8 Å². The van der Waals surface area contributed by atoms with E-state index in [0.29, 0.717) is 0 Å². The Kier molecular flexibility index (Phi) is 3.25. The van der Waals surface area contributed by atoms with Crippen LogP contribution in [0.3, 0.4) is 0 Å². The predicted molar refractivity (Wildman–Crippen MR) is 70.3 cm³/mol. The number of rotatable bonds is 2. The Bertz CT molecular complexity index is 804. The summed E-state index contributed by atoms with van der Waals surface area (Å²) in [7, 11) is 0. The molecule has 0 aromatic heterocycles. The first-order chi connectivity index (χ1) is 10.1. The van der Waals surface area contributed by atoms with Gasteiger partial charge in [0.15, 0.2) is 11.6 Å². The smallest absolute Gasteiger partial charge is 0.204 e. The van der Waals surface area contributed by atoms with E-state index in [1.807, 2.05) is 12.1 Å². The fraction of sp³-hybridized carbons (Fsp3) is 0. The Balaban J connectivity index is 2.06. The van der Waals surface area contributed by atoms with Crippen molar-refractivity contribution in [3.8, 4) is 11.5 Å². The highest BCUT2D eigenvalue weighted by Crippen LogP contribution is 2.32. The van der Waals surface area contributed by atoms with Crippen LogP contribution in [-0.2, 0) is 0 Å².